The highest BCUT2D eigenvalue weighted by molar-refractivity contribution is 8.00. The van der Waals surface area contributed by atoms with Gasteiger partial charge in [0.05, 0.1) is 22.3 Å². The molecule has 3 aromatic rings. The fraction of sp³-hybridized carbons (Fsp3) is 0.360. The minimum atomic E-state index is -4.48. The lowest BCUT2D eigenvalue weighted by Gasteiger charge is -2.18. The van der Waals surface area contributed by atoms with Crippen LogP contribution >= 0.6 is 23.5 Å². The zero-order valence-corrected chi connectivity index (χ0v) is 20.3. The lowest BCUT2D eigenvalue weighted by Crippen LogP contribution is -2.17. The molecule has 0 aliphatic rings. The molecule has 33 heavy (non-hydrogen) atoms. The highest BCUT2D eigenvalue weighted by atomic mass is 32.2. The van der Waals surface area contributed by atoms with Gasteiger partial charge in [0, 0.05) is 21.4 Å². The van der Waals surface area contributed by atoms with E-state index in [2.05, 4.69) is 10.3 Å². The Morgan fingerprint density at radius 1 is 0.970 bits per heavy atom. The number of aromatic nitrogens is 1. The lowest BCUT2D eigenvalue weighted by atomic mass is 10.1. The van der Waals surface area contributed by atoms with Crippen LogP contribution in [0.4, 0.5) is 18.9 Å². The third kappa shape index (κ3) is 6.67. The Bertz CT molecular complexity index is 1070. The van der Waals surface area contributed by atoms with Gasteiger partial charge in [-0.3, -0.25) is 9.78 Å². The van der Waals surface area contributed by atoms with Gasteiger partial charge in [-0.05, 0) is 48.6 Å². The topological polar surface area (TPSA) is 42.0 Å². The molecule has 0 saturated carbocycles. The highest BCUT2D eigenvalue weighted by Crippen LogP contribution is 2.40. The van der Waals surface area contributed by atoms with Gasteiger partial charge in [-0.2, -0.15) is 13.2 Å². The Morgan fingerprint density at radius 3 is 2.15 bits per heavy atom. The summed E-state index contributed by atoms with van der Waals surface area (Å²) in [4.78, 5) is 18.6. The van der Waals surface area contributed by atoms with Crippen LogP contribution in [0.2, 0.25) is 0 Å². The molecule has 0 atom stereocenters. The summed E-state index contributed by atoms with van der Waals surface area (Å²) in [5.41, 5.74) is 0.759. The van der Waals surface area contributed by atoms with Crippen LogP contribution in [-0.2, 0) is 6.18 Å². The van der Waals surface area contributed by atoms with Gasteiger partial charge in [-0.1, -0.05) is 44.9 Å². The zero-order valence-electron chi connectivity index (χ0n) is 18.7. The van der Waals surface area contributed by atoms with Crippen LogP contribution in [0.25, 0.3) is 10.9 Å². The number of carbonyl (C=O) groups excluding carboxylic acids is 1. The van der Waals surface area contributed by atoms with E-state index in [1.165, 1.54) is 23.5 Å². The standard InChI is InChI=1S/C25H27F3N2OS2/c1-3-5-13-32-20-15-18(25(26,27)28)16-21(33-14-6-4-2)22(20)24(31)30-19-11-7-9-17-10-8-12-29-23(17)19/h7-12,15-16H,3-6,13-14H2,1-2H3,(H,30,31). The van der Waals surface area contributed by atoms with Gasteiger partial charge in [0.1, 0.15) is 0 Å². The van der Waals surface area contributed by atoms with Crippen LogP contribution in [0, 0.1) is 0 Å². The van der Waals surface area contributed by atoms with Gasteiger partial charge < -0.3 is 5.32 Å². The number of anilines is 1. The smallest absolute Gasteiger partial charge is 0.320 e. The number of alkyl halides is 3. The first-order chi connectivity index (χ1) is 15.8. The Balaban J connectivity index is 2.05. The predicted molar refractivity (Wildman–Crippen MR) is 132 cm³/mol. The molecule has 1 aromatic heterocycles. The molecule has 0 aliphatic heterocycles. The lowest BCUT2D eigenvalue weighted by molar-refractivity contribution is -0.137. The number of hydrogen-bond donors (Lipinski definition) is 1. The molecule has 1 heterocycles. The third-order valence-electron chi connectivity index (χ3n) is 5.01. The predicted octanol–water partition coefficient (Wildman–Crippen LogP) is 8.29. The molecule has 0 saturated heterocycles. The van der Waals surface area contributed by atoms with E-state index in [4.69, 9.17) is 0 Å². The third-order valence-corrected chi connectivity index (χ3v) is 7.26. The summed E-state index contributed by atoms with van der Waals surface area (Å²) in [6, 6.07) is 11.4. The van der Waals surface area contributed by atoms with Crippen molar-refractivity contribution in [1.29, 1.82) is 0 Å². The molecular formula is C25H27F3N2OS2. The van der Waals surface area contributed by atoms with Gasteiger partial charge >= 0.3 is 6.18 Å². The fourth-order valence-electron chi connectivity index (χ4n) is 3.25. The van der Waals surface area contributed by atoms with E-state index < -0.39 is 17.6 Å². The molecule has 0 unspecified atom stereocenters. The number of benzene rings is 2. The van der Waals surface area contributed by atoms with Crippen molar-refractivity contribution in [1.82, 2.24) is 4.98 Å². The maximum atomic E-state index is 13.7. The van der Waals surface area contributed by atoms with Crippen molar-refractivity contribution in [2.75, 3.05) is 16.8 Å². The normalized spacial score (nSPS) is 11.7. The van der Waals surface area contributed by atoms with Gasteiger partial charge in [-0.15, -0.1) is 23.5 Å². The van der Waals surface area contributed by atoms with Crippen LogP contribution in [-0.4, -0.2) is 22.4 Å². The quantitative estimate of drug-likeness (QED) is 0.228. The molecule has 0 aliphatic carbocycles. The minimum absolute atomic E-state index is 0.304. The summed E-state index contributed by atoms with van der Waals surface area (Å²) >= 11 is 2.62. The molecule has 176 valence electrons. The van der Waals surface area contributed by atoms with Crippen molar-refractivity contribution < 1.29 is 18.0 Å². The van der Waals surface area contributed by atoms with E-state index in [1.54, 1.807) is 12.3 Å². The number of nitrogens with zero attached hydrogens (tertiary/aromatic N) is 1. The molecule has 3 rings (SSSR count). The summed E-state index contributed by atoms with van der Waals surface area (Å²) in [6.07, 6.45) is 0.727. The van der Waals surface area contributed by atoms with Crippen LogP contribution in [0.5, 0.6) is 0 Å². The van der Waals surface area contributed by atoms with Crippen LogP contribution in [0.15, 0.2) is 58.5 Å². The number of fused-ring (bicyclic) bond motifs is 1. The van der Waals surface area contributed by atoms with E-state index in [9.17, 15) is 18.0 Å². The number of pyridine rings is 1. The second kappa shape index (κ2) is 11.8. The van der Waals surface area contributed by atoms with Crippen LogP contribution in [0.3, 0.4) is 0 Å². The maximum absolute atomic E-state index is 13.7. The molecule has 0 spiro atoms. The molecule has 1 amide bonds. The molecule has 2 aromatic carbocycles. The fourth-order valence-corrected chi connectivity index (χ4v) is 5.73. The van der Waals surface area contributed by atoms with Gasteiger partial charge in [0.15, 0.2) is 0 Å². The molecule has 3 nitrogen and oxygen atoms in total. The van der Waals surface area contributed by atoms with Crippen molar-refractivity contribution in [3.8, 4) is 0 Å². The molecular weight excluding hydrogens is 465 g/mol. The Labute approximate surface area is 200 Å². The summed E-state index contributed by atoms with van der Waals surface area (Å²) in [7, 11) is 0. The Morgan fingerprint density at radius 2 is 1.58 bits per heavy atom. The Kier molecular flexibility index (Phi) is 9.09. The first-order valence-corrected chi connectivity index (χ1v) is 13.0. The number of nitrogens with one attached hydrogen (secondary N) is 1. The molecule has 8 heteroatoms. The number of para-hydroxylation sites is 1. The highest BCUT2D eigenvalue weighted by Gasteiger charge is 2.33. The number of hydrogen-bond acceptors (Lipinski definition) is 4. The van der Waals surface area contributed by atoms with Crippen molar-refractivity contribution in [3.63, 3.8) is 0 Å². The largest absolute Gasteiger partial charge is 0.416 e. The number of unbranched alkanes of at least 4 members (excludes halogenated alkanes) is 2. The maximum Gasteiger partial charge on any atom is 0.416 e. The first-order valence-electron chi connectivity index (χ1n) is 11.0. The first kappa shape index (κ1) is 25.4. The van der Waals surface area contributed by atoms with Crippen molar-refractivity contribution >= 4 is 46.0 Å². The SMILES string of the molecule is CCCCSc1cc(C(F)(F)F)cc(SCCCC)c1C(=O)Nc1cccc2cccnc12. The second-order valence-corrected chi connectivity index (χ2v) is 9.86. The van der Waals surface area contributed by atoms with E-state index >= 15 is 0 Å². The summed E-state index contributed by atoms with van der Waals surface area (Å²) in [5, 5.41) is 3.78. The zero-order chi connectivity index (χ0) is 23.8. The van der Waals surface area contributed by atoms with E-state index in [0.29, 0.717) is 38.1 Å². The molecule has 1 N–H and O–H groups in total. The number of rotatable bonds is 10. The van der Waals surface area contributed by atoms with Crippen molar-refractivity contribution in [2.45, 2.75) is 55.5 Å². The van der Waals surface area contributed by atoms with Gasteiger partial charge in [-0.25, -0.2) is 0 Å². The van der Waals surface area contributed by atoms with Crippen LogP contribution in [0.1, 0.15) is 55.5 Å². The van der Waals surface area contributed by atoms with Gasteiger partial charge in [0.25, 0.3) is 5.91 Å². The average Bonchev–Trinajstić information content (AvgIpc) is 2.79. The second-order valence-electron chi connectivity index (χ2n) is 7.58. The van der Waals surface area contributed by atoms with E-state index in [0.717, 1.165) is 43.2 Å². The van der Waals surface area contributed by atoms with Crippen LogP contribution < -0.4 is 5.32 Å². The van der Waals surface area contributed by atoms with E-state index in [1.807, 2.05) is 38.1 Å². The number of amides is 1. The summed E-state index contributed by atoms with van der Waals surface area (Å²) in [5.74, 6) is 0.875. The van der Waals surface area contributed by atoms with Crippen molar-refractivity contribution in [3.05, 3.63) is 59.8 Å². The monoisotopic (exact) mass is 492 g/mol. The average molecular weight is 493 g/mol. The number of halogens is 3. The van der Waals surface area contributed by atoms with E-state index in [-0.39, 0.29) is 0 Å². The van der Waals surface area contributed by atoms with Gasteiger partial charge in [0.2, 0.25) is 0 Å². The summed E-state index contributed by atoms with van der Waals surface area (Å²) in [6.45, 7) is 4.06. The molecule has 0 bridgehead atoms. The minimum Gasteiger partial charge on any atom is -0.320 e. The summed E-state index contributed by atoms with van der Waals surface area (Å²) < 4.78 is 41.0. The molecule has 0 fully saturated rings. The van der Waals surface area contributed by atoms with Crippen molar-refractivity contribution in [2.24, 2.45) is 0 Å². The molecule has 0 radical (unpaired) electrons. The Hall–Kier alpha value is -2.19. The number of thioether (sulfide) groups is 2. The number of carbonyl (C=O) groups is 1.